The smallest absolute Gasteiger partial charge is 0.226 e. The summed E-state index contributed by atoms with van der Waals surface area (Å²) < 4.78 is 12.4. The van der Waals surface area contributed by atoms with Crippen molar-refractivity contribution in [2.24, 2.45) is 0 Å². The molecular weight excluding hydrogens is 272 g/mol. The molecule has 0 spiro atoms. The normalized spacial score (nSPS) is 17.1. The number of ether oxygens (including phenoxy) is 2. The van der Waals surface area contributed by atoms with Gasteiger partial charge in [-0.15, -0.1) is 0 Å². The average Bonchev–Trinajstić information content (AvgIpc) is 2.58. The van der Waals surface area contributed by atoms with Crippen molar-refractivity contribution in [3.8, 4) is 5.75 Å². The van der Waals surface area contributed by atoms with Crippen LogP contribution in [-0.2, 0) is 4.74 Å². The van der Waals surface area contributed by atoms with E-state index in [4.69, 9.17) is 9.47 Å². The van der Waals surface area contributed by atoms with Crippen LogP contribution in [0.3, 0.4) is 0 Å². The molecule has 0 amide bonds. The molecule has 2 nitrogen and oxygen atoms in total. The standard InChI is InChI=1S/C20H24O2/c1-16-12-14-19(15-13-16)22-20(17-8-4-2-5-9-17)21-18-10-6-3-7-11-18/h2,4-5,8-9,12-15,18,20H,3,6-7,10-11H2,1H3. The van der Waals surface area contributed by atoms with Crippen molar-refractivity contribution >= 4 is 0 Å². The van der Waals surface area contributed by atoms with Crippen LogP contribution in [0.4, 0.5) is 0 Å². The van der Waals surface area contributed by atoms with Gasteiger partial charge in [-0.05, 0) is 31.9 Å². The van der Waals surface area contributed by atoms with Gasteiger partial charge < -0.3 is 9.47 Å². The molecule has 0 radical (unpaired) electrons. The summed E-state index contributed by atoms with van der Waals surface area (Å²) in [5.74, 6) is 0.857. The lowest BCUT2D eigenvalue weighted by molar-refractivity contribution is -0.131. The van der Waals surface area contributed by atoms with E-state index in [9.17, 15) is 0 Å². The van der Waals surface area contributed by atoms with Gasteiger partial charge in [0.25, 0.3) is 0 Å². The molecule has 1 aliphatic rings. The van der Waals surface area contributed by atoms with Gasteiger partial charge in [-0.3, -0.25) is 0 Å². The predicted molar refractivity (Wildman–Crippen MR) is 88.9 cm³/mol. The van der Waals surface area contributed by atoms with Crippen LogP contribution in [0.5, 0.6) is 5.75 Å². The van der Waals surface area contributed by atoms with Crippen molar-refractivity contribution in [3.63, 3.8) is 0 Å². The molecule has 22 heavy (non-hydrogen) atoms. The molecule has 3 rings (SSSR count). The molecule has 1 fully saturated rings. The van der Waals surface area contributed by atoms with E-state index in [2.05, 4.69) is 31.2 Å². The van der Waals surface area contributed by atoms with Crippen molar-refractivity contribution in [2.75, 3.05) is 0 Å². The summed E-state index contributed by atoms with van der Waals surface area (Å²) in [6.07, 6.45) is 6.11. The van der Waals surface area contributed by atoms with Crippen LogP contribution in [0.25, 0.3) is 0 Å². The molecule has 0 bridgehead atoms. The molecule has 1 unspecified atom stereocenters. The highest BCUT2D eigenvalue weighted by molar-refractivity contribution is 5.27. The molecule has 2 aromatic carbocycles. The van der Waals surface area contributed by atoms with Crippen LogP contribution in [0.1, 0.15) is 49.5 Å². The molecule has 1 saturated carbocycles. The van der Waals surface area contributed by atoms with E-state index in [0.29, 0.717) is 6.10 Å². The molecule has 1 atom stereocenters. The average molecular weight is 296 g/mol. The van der Waals surface area contributed by atoms with Crippen LogP contribution in [0, 0.1) is 6.92 Å². The zero-order chi connectivity index (χ0) is 15.2. The lowest BCUT2D eigenvalue weighted by atomic mass is 9.98. The van der Waals surface area contributed by atoms with Crippen molar-refractivity contribution in [3.05, 3.63) is 65.7 Å². The number of hydrogen-bond acceptors (Lipinski definition) is 2. The molecule has 0 aromatic heterocycles. The summed E-state index contributed by atoms with van der Waals surface area (Å²) in [6.45, 7) is 2.08. The highest BCUT2D eigenvalue weighted by Crippen LogP contribution is 2.29. The Kier molecular flexibility index (Phi) is 5.12. The third-order valence-electron chi connectivity index (χ3n) is 4.20. The number of hydrogen-bond donors (Lipinski definition) is 0. The zero-order valence-corrected chi connectivity index (χ0v) is 13.2. The summed E-state index contributed by atoms with van der Waals surface area (Å²) in [4.78, 5) is 0. The number of rotatable bonds is 5. The van der Waals surface area contributed by atoms with Crippen molar-refractivity contribution < 1.29 is 9.47 Å². The van der Waals surface area contributed by atoms with Gasteiger partial charge in [0, 0.05) is 5.56 Å². The Morgan fingerprint density at radius 3 is 2.23 bits per heavy atom. The minimum absolute atomic E-state index is 0.310. The Labute approximate surface area is 133 Å². The highest BCUT2D eigenvalue weighted by Gasteiger charge is 2.21. The minimum atomic E-state index is -0.327. The van der Waals surface area contributed by atoms with Crippen molar-refractivity contribution in [1.29, 1.82) is 0 Å². The first-order valence-corrected chi connectivity index (χ1v) is 8.25. The van der Waals surface area contributed by atoms with Crippen molar-refractivity contribution in [2.45, 2.75) is 51.4 Å². The molecule has 2 heteroatoms. The topological polar surface area (TPSA) is 18.5 Å². The van der Waals surface area contributed by atoms with E-state index in [1.807, 2.05) is 30.3 Å². The minimum Gasteiger partial charge on any atom is -0.461 e. The Morgan fingerprint density at radius 1 is 0.864 bits per heavy atom. The molecule has 1 aliphatic carbocycles. The van der Waals surface area contributed by atoms with E-state index in [-0.39, 0.29) is 6.29 Å². The molecule has 116 valence electrons. The number of aryl methyl sites for hydroxylation is 1. The molecule has 0 N–H and O–H groups in total. The fourth-order valence-electron chi connectivity index (χ4n) is 2.90. The Morgan fingerprint density at radius 2 is 1.55 bits per heavy atom. The Bertz CT molecular complexity index is 556. The van der Waals surface area contributed by atoms with Gasteiger partial charge in [-0.2, -0.15) is 0 Å². The molecule has 0 heterocycles. The molecular formula is C20H24O2. The zero-order valence-electron chi connectivity index (χ0n) is 13.2. The fraction of sp³-hybridized carbons (Fsp3) is 0.400. The van der Waals surface area contributed by atoms with Gasteiger partial charge in [-0.1, -0.05) is 67.3 Å². The lowest BCUT2D eigenvalue weighted by Crippen LogP contribution is -2.23. The second-order valence-electron chi connectivity index (χ2n) is 6.07. The first kappa shape index (κ1) is 15.1. The van der Waals surface area contributed by atoms with E-state index in [1.165, 1.54) is 24.8 Å². The van der Waals surface area contributed by atoms with E-state index in [0.717, 1.165) is 24.2 Å². The second-order valence-corrected chi connectivity index (χ2v) is 6.07. The van der Waals surface area contributed by atoms with Crippen LogP contribution in [0.2, 0.25) is 0 Å². The summed E-state index contributed by atoms with van der Waals surface area (Å²) in [6, 6.07) is 18.4. The second kappa shape index (κ2) is 7.46. The summed E-state index contributed by atoms with van der Waals surface area (Å²) >= 11 is 0. The van der Waals surface area contributed by atoms with Crippen LogP contribution >= 0.6 is 0 Å². The summed E-state index contributed by atoms with van der Waals surface area (Å²) in [7, 11) is 0. The van der Waals surface area contributed by atoms with Gasteiger partial charge in [0.1, 0.15) is 5.75 Å². The maximum absolute atomic E-state index is 6.29. The first-order valence-electron chi connectivity index (χ1n) is 8.25. The first-order chi connectivity index (χ1) is 10.8. The Balaban J connectivity index is 1.74. The van der Waals surface area contributed by atoms with Gasteiger partial charge in [-0.25, -0.2) is 0 Å². The van der Waals surface area contributed by atoms with Gasteiger partial charge in [0.15, 0.2) is 0 Å². The quantitative estimate of drug-likeness (QED) is 0.686. The predicted octanol–water partition coefficient (Wildman–Crippen LogP) is 5.42. The summed E-state index contributed by atoms with van der Waals surface area (Å²) in [5.41, 5.74) is 2.31. The van der Waals surface area contributed by atoms with Crippen LogP contribution in [-0.4, -0.2) is 6.10 Å². The third-order valence-corrected chi connectivity index (χ3v) is 4.20. The third kappa shape index (κ3) is 4.11. The van der Waals surface area contributed by atoms with Gasteiger partial charge in [0.2, 0.25) is 6.29 Å². The maximum atomic E-state index is 6.29. The maximum Gasteiger partial charge on any atom is 0.226 e. The monoisotopic (exact) mass is 296 g/mol. The summed E-state index contributed by atoms with van der Waals surface area (Å²) in [5, 5.41) is 0. The van der Waals surface area contributed by atoms with Crippen molar-refractivity contribution in [1.82, 2.24) is 0 Å². The SMILES string of the molecule is Cc1ccc(OC(OC2CCCCC2)c2ccccc2)cc1. The molecule has 0 saturated heterocycles. The molecule has 2 aromatic rings. The van der Waals surface area contributed by atoms with Gasteiger partial charge >= 0.3 is 0 Å². The van der Waals surface area contributed by atoms with E-state index < -0.39 is 0 Å². The Hall–Kier alpha value is -1.80. The lowest BCUT2D eigenvalue weighted by Gasteiger charge is -2.28. The van der Waals surface area contributed by atoms with Crippen LogP contribution in [0.15, 0.2) is 54.6 Å². The highest BCUT2D eigenvalue weighted by atomic mass is 16.7. The largest absolute Gasteiger partial charge is 0.461 e. The van der Waals surface area contributed by atoms with Crippen LogP contribution < -0.4 is 4.74 Å². The number of benzene rings is 2. The van der Waals surface area contributed by atoms with E-state index in [1.54, 1.807) is 0 Å². The fourth-order valence-corrected chi connectivity index (χ4v) is 2.90. The van der Waals surface area contributed by atoms with Gasteiger partial charge in [0.05, 0.1) is 6.10 Å². The molecule has 0 aliphatic heterocycles. The van der Waals surface area contributed by atoms with E-state index >= 15 is 0 Å².